The summed E-state index contributed by atoms with van der Waals surface area (Å²) in [6.45, 7) is 4.20. The van der Waals surface area contributed by atoms with Gasteiger partial charge in [-0.25, -0.2) is 10.1 Å². The first-order chi connectivity index (χ1) is 12.1. The lowest BCUT2D eigenvalue weighted by Gasteiger charge is -1.96. The fourth-order valence-corrected chi connectivity index (χ4v) is 2.22. The largest absolute Gasteiger partial charge is 0.289 e. The van der Waals surface area contributed by atoms with Gasteiger partial charge in [-0.2, -0.15) is 19.7 Å². The number of nitrogens with one attached hydrogen (secondary N) is 2. The van der Waals surface area contributed by atoms with Gasteiger partial charge in [0.2, 0.25) is 5.95 Å². The van der Waals surface area contributed by atoms with Crippen molar-refractivity contribution in [3.05, 3.63) is 59.3 Å². The van der Waals surface area contributed by atoms with Crippen LogP contribution in [-0.2, 0) is 6.54 Å². The number of carbonyl (C=O) groups is 1. The van der Waals surface area contributed by atoms with Gasteiger partial charge in [-0.1, -0.05) is 29.8 Å². The average Bonchev–Trinajstić information content (AvgIpc) is 3.23. The smallest absolute Gasteiger partial charge is 0.272 e. The Morgan fingerprint density at radius 2 is 2.16 bits per heavy atom. The number of H-pyrrole nitrogens is 1. The zero-order chi connectivity index (χ0) is 17.8. The van der Waals surface area contributed by atoms with Gasteiger partial charge in [-0.3, -0.25) is 9.89 Å². The quantitative estimate of drug-likeness (QED) is 0.552. The van der Waals surface area contributed by atoms with Gasteiger partial charge in [0, 0.05) is 12.1 Å². The van der Waals surface area contributed by atoms with Crippen molar-refractivity contribution in [2.45, 2.75) is 20.4 Å². The third kappa shape index (κ3) is 3.63. The fraction of sp³-hybridized carbons (Fsp3) is 0.176. The summed E-state index contributed by atoms with van der Waals surface area (Å²) in [4.78, 5) is 12.1. The van der Waals surface area contributed by atoms with Crippen LogP contribution in [0.4, 0.5) is 4.39 Å². The lowest BCUT2D eigenvalue weighted by molar-refractivity contribution is 0.0950. The zero-order valence-corrected chi connectivity index (χ0v) is 13.8. The highest BCUT2D eigenvalue weighted by Gasteiger charge is 2.11. The molecule has 0 aliphatic rings. The molecule has 0 spiro atoms. The number of amides is 1. The minimum absolute atomic E-state index is 0.201. The lowest BCUT2D eigenvalue weighted by atomic mass is 10.1. The summed E-state index contributed by atoms with van der Waals surface area (Å²) >= 11 is 0. The highest BCUT2D eigenvalue weighted by molar-refractivity contribution is 5.94. The Hall–Kier alpha value is -3.29. The van der Waals surface area contributed by atoms with E-state index in [0.29, 0.717) is 12.2 Å². The number of hydrazone groups is 1. The Balaban J connectivity index is 1.66. The average molecular weight is 340 g/mol. The number of halogens is 1. The summed E-state index contributed by atoms with van der Waals surface area (Å²) in [5, 5.41) is 14.4. The van der Waals surface area contributed by atoms with Crippen LogP contribution in [0.25, 0.3) is 11.3 Å². The molecule has 0 fully saturated rings. The van der Waals surface area contributed by atoms with E-state index >= 15 is 0 Å². The Bertz CT molecular complexity index is 910. The van der Waals surface area contributed by atoms with Gasteiger partial charge in [0.15, 0.2) is 0 Å². The van der Waals surface area contributed by atoms with Gasteiger partial charge in [0.05, 0.1) is 23.7 Å². The van der Waals surface area contributed by atoms with E-state index in [4.69, 9.17) is 0 Å². The van der Waals surface area contributed by atoms with Crippen LogP contribution in [0.3, 0.4) is 0 Å². The molecule has 0 saturated heterocycles. The topological polar surface area (TPSA) is 88.0 Å². The monoisotopic (exact) mass is 340 g/mol. The Kier molecular flexibility index (Phi) is 4.69. The van der Waals surface area contributed by atoms with Gasteiger partial charge < -0.3 is 0 Å². The second kappa shape index (κ2) is 7.08. The fourth-order valence-electron chi connectivity index (χ4n) is 2.22. The van der Waals surface area contributed by atoms with Crippen LogP contribution in [-0.4, -0.2) is 32.1 Å². The Morgan fingerprint density at radius 1 is 1.40 bits per heavy atom. The van der Waals surface area contributed by atoms with Gasteiger partial charge in [-0.05, 0) is 19.9 Å². The number of aromatic amines is 1. The maximum atomic E-state index is 13.8. The number of nitrogens with zero attached hydrogens (tertiary/aromatic N) is 4. The number of hydrogen-bond acceptors (Lipinski definition) is 4. The van der Waals surface area contributed by atoms with Crippen molar-refractivity contribution in [2.24, 2.45) is 5.10 Å². The van der Waals surface area contributed by atoms with E-state index in [1.54, 1.807) is 13.0 Å². The van der Waals surface area contributed by atoms with Crippen molar-refractivity contribution in [1.29, 1.82) is 0 Å². The highest BCUT2D eigenvalue weighted by atomic mass is 19.1. The number of rotatable bonds is 5. The van der Waals surface area contributed by atoms with Crippen LogP contribution in [0.1, 0.15) is 28.5 Å². The standard InChI is InChI=1S/C17H17FN6O/c1-3-24-16(18)13(10-20-24)9-19-23-17(25)15-8-14(21-22-15)12-6-4-11(2)5-7-12/h4-10H,3H2,1-2H3,(H,21,22)(H,23,25). The summed E-state index contributed by atoms with van der Waals surface area (Å²) in [5.74, 6) is -0.964. The number of hydrogen-bond donors (Lipinski definition) is 2. The molecule has 0 saturated carbocycles. The van der Waals surface area contributed by atoms with Crippen LogP contribution in [0.2, 0.25) is 0 Å². The summed E-state index contributed by atoms with van der Waals surface area (Å²) in [6, 6.07) is 9.43. The van der Waals surface area contributed by atoms with Crippen molar-refractivity contribution in [3.8, 4) is 11.3 Å². The molecule has 1 amide bonds. The third-order valence-corrected chi connectivity index (χ3v) is 3.64. The van der Waals surface area contributed by atoms with Gasteiger partial charge >= 0.3 is 0 Å². The predicted molar refractivity (Wildman–Crippen MR) is 91.7 cm³/mol. The molecule has 2 aromatic heterocycles. The summed E-state index contributed by atoms with van der Waals surface area (Å²) in [7, 11) is 0. The molecule has 0 bridgehead atoms. The van der Waals surface area contributed by atoms with E-state index in [1.807, 2.05) is 31.2 Å². The molecule has 2 N–H and O–H groups in total. The first-order valence-electron chi connectivity index (χ1n) is 7.75. The maximum Gasteiger partial charge on any atom is 0.289 e. The lowest BCUT2D eigenvalue weighted by Crippen LogP contribution is -2.18. The molecule has 0 atom stereocenters. The van der Waals surface area contributed by atoms with Crippen LogP contribution >= 0.6 is 0 Å². The van der Waals surface area contributed by atoms with Crippen molar-refractivity contribution in [1.82, 2.24) is 25.4 Å². The predicted octanol–water partition coefficient (Wildman–Crippen LogP) is 2.50. The molecule has 8 heteroatoms. The molecule has 1 aromatic carbocycles. The normalized spacial score (nSPS) is 11.2. The van der Waals surface area contributed by atoms with Crippen LogP contribution in [0.5, 0.6) is 0 Å². The van der Waals surface area contributed by atoms with Gasteiger partial charge in [-0.15, -0.1) is 0 Å². The van der Waals surface area contributed by atoms with E-state index in [2.05, 4.69) is 25.8 Å². The van der Waals surface area contributed by atoms with Gasteiger partial charge in [0.1, 0.15) is 5.69 Å². The van der Waals surface area contributed by atoms with E-state index in [0.717, 1.165) is 11.1 Å². The molecule has 3 aromatic rings. The first kappa shape index (κ1) is 16.6. The second-order valence-electron chi connectivity index (χ2n) is 5.44. The molecule has 3 rings (SSSR count). The molecule has 0 unspecified atom stereocenters. The van der Waals surface area contributed by atoms with Crippen molar-refractivity contribution in [3.63, 3.8) is 0 Å². The Morgan fingerprint density at radius 3 is 2.84 bits per heavy atom. The highest BCUT2D eigenvalue weighted by Crippen LogP contribution is 2.18. The van der Waals surface area contributed by atoms with Crippen molar-refractivity contribution in [2.75, 3.05) is 0 Å². The number of aromatic nitrogens is 4. The number of carbonyl (C=O) groups excluding carboxylic acids is 1. The molecular weight excluding hydrogens is 323 g/mol. The van der Waals surface area contributed by atoms with E-state index in [-0.39, 0.29) is 11.3 Å². The van der Waals surface area contributed by atoms with Crippen molar-refractivity contribution < 1.29 is 9.18 Å². The first-order valence-corrected chi connectivity index (χ1v) is 7.75. The minimum Gasteiger partial charge on any atom is -0.272 e. The van der Waals surface area contributed by atoms with Gasteiger partial charge in [0.25, 0.3) is 5.91 Å². The molecule has 0 aliphatic carbocycles. The van der Waals surface area contributed by atoms with Crippen LogP contribution < -0.4 is 5.43 Å². The van der Waals surface area contributed by atoms with E-state index < -0.39 is 11.9 Å². The molecule has 7 nitrogen and oxygen atoms in total. The summed E-state index contributed by atoms with van der Waals surface area (Å²) < 4.78 is 15.0. The second-order valence-corrected chi connectivity index (χ2v) is 5.44. The van der Waals surface area contributed by atoms with Crippen molar-refractivity contribution >= 4 is 12.1 Å². The molecular formula is C17H17FN6O. The van der Waals surface area contributed by atoms with E-state index in [9.17, 15) is 9.18 Å². The summed E-state index contributed by atoms with van der Waals surface area (Å²) in [5.41, 5.74) is 5.50. The van der Waals surface area contributed by atoms with E-state index in [1.165, 1.54) is 17.1 Å². The SMILES string of the molecule is CCn1ncc(C=NNC(=O)c2cc(-c3ccc(C)cc3)n[nH]2)c1F. The van der Waals surface area contributed by atoms with Crippen LogP contribution in [0, 0.1) is 12.9 Å². The molecule has 2 heterocycles. The Labute approximate surface area is 143 Å². The third-order valence-electron chi connectivity index (χ3n) is 3.64. The maximum absolute atomic E-state index is 13.8. The molecule has 0 aliphatic heterocycles. The summed E-state index contributed by atoms with van der Waals surface area (Å²) in [6.07, 6.45) is 2.56. The zero-order valence-electron chi connectivity index (χ0n) is 13.8. The minimum atomic E-state index is -0.497. The van der Waals surface area contributed by atoms with Crippen LogP contribution in [0.15, 0.2) is 41.6 Å². The number of benzene rings is 1. The molecule has 0 radical (unpaired) electrons. The number of aryl methyl sites for hydroxylation is 2. The molecule has 128 valence electrons. The molecule has 25 heavy (non-hydrogen) atoms.